The van der Waals surface area contributed by atoms with Crippen LogP contribution in [0.1, 0.15) is 23.9 Å². The van der Waals surface area contributed by atoms with Crippen LogP contribution in [0.25, 0.3) is 5.20 Å². The minimum absolute atomic E-state index is 0.177. The molecular formula is C13H17BCl2Si. The van der Waals surface area contributed by atoms with E-state index >= 15 is 0 Å². The Balaban J connectivity index is 2.66. The Labute approximate surface area is 115 Å². The van der Waals surface area contributed by atoms with E-state index in [0.717, 1.165) is 0 Å². The van der Waals surface area contributed by atoms with Crippen molar-refractivity contribution in [3.8, 4) is 0 Å². The molecule has 17 heavy (non-hydrogen) atoms. The van der Waals surface area contributed by atoms with Gasteiger partial charge in [-0.1, -0.05) is 54.7 Å². The first-order chi connectivity index (χ1) is 7.84. The van der Waals surface area contributed by atoms with Crippen LogP contribution in [0.4, 0.5) is 0 Å². The van der Waals surface area contributed by atoms with E-state index in [9.17, 15) is 0 Å². The number of halogens is 2. The van der Waals surface area contributed by atoms with E-state index in [1.54, 1.807) is 0 Å². The highest BCUT2D eigenvalue weighted by molar-refractivity contribution is 7.34. The highest BCUT2D eigenvalue weighted by Gasteiger charge is 2.38. The lowest BCUT2D eigenvalue weighted by Gasteiger charge is -2.21. The highest BCUT2D eigenvalue weighted by atomic mass is 35.5. The summed E-state index contributed by atoms with van der Waals surface area (Å²) < 4.78 is 0. The predicted molar refractivity (Wildman–Crippen MR) is 82.6 cm³/mol. The molecule has 1 aliphatic rings. The second kappa shape index (κ2) is 4.49. The van der Waals surface area contributed by atoms with Gasteiger partial charge in [0.1, 0.15) is 0 Å². The SMILES string of the molecule is CC1=C([Si](C)(C)C)c2ccccc2C1B(Cl)Cl. The molecule has 1 unspecified atom stereocenters. The van der Waals surface area contributed by atoms with Crippen molar-refractivity contribution in [3.63, 3.8) is 0 Å². The third-order valence-corrected chi connectivity index (χ3v) is 6.10. The quantitative estimate of drug-likeness (QED) is 0.674. The van der Waals surface area contributed by atoms with Crippen molar-refractivity contribution < 1.29 is 0 Å². The third kappa shape index (κ3) is 2.23. The molecule has 2 rings (SSSR count). The van der Waals surface area contributed by atoms with Crippen LogP contribution in [0.15, 0.2) is 29.8 Å². The Hall–Kier alpha value is -0.178. The molecular weight excluding hydrogens is 266 g/mol. The molecule has 0 radical (unpaired) electrons. The third-order valence-electron chi connectivity index (χ3n) is 3.43. The van der Waals surface area contributed by atoms with Crippen molar-refractivity contribution in [2.24, 2.45) is 0 Å². The molecule has 0 nitrogen and oxygen atoms in total. The van der Waals surface area contributed by atoms with Crippen molar-refractivity contribution >= 4 is 41.7 Å². The Bertz CT molecular complexity index is 475. The van der Waals surface area contributed by atoms with Gasteiger partial charge >= 0.3 is 5.54 Å². The van der Waals surface area contributed by atoms with E-state index in [2.05, 4.69) is 50.8 Å². The van der Waals surface area contributed by atoms with Gasteiger partial charge in [-0.05, 0) is 18.1 Å². The second-order valence-corrected chi connectivity index (χ2v) is 11.9. The Morgan fingerprint density at radius 1 is 1.12 bits per heavy atom. The summed E-state index contributed by atoms with van der Waals surface area (Å²) in [6.45, 7) is 9.32. The lowest BCUT2D eigenvalue weighted by molar-refractivity contribution is 1.13. The second-order valence-electron chi connectivity index (χ2n) is 5.71. The number of rotatable bonds is 2. The zero-order valence-corrected chi connectivity index (χ0v) is 13.2. The van der Waals surface area contributed by atoms with Crippen LogP contribution in [-0.2, 0) is 0 Å². The van der Waals surface area contributed by atoms with Crippen molar-refractivity contribution in [2.75, 3.05) is 0 Å². The van der Waals surface area contributed by atoms with E-state index in [-0.39, 0.29) is 11.4 Å². The molecule has 0 amide bonds. The van der Waals surface area contributed by atoms with Crippen LogP contribution in [-0.4, -0.2) is 13.6 Å². The average Bonchev–Trinajstić information content (AvgIpc) is 2.48. The molecule has 0 aliphatic heterocycles. The van der Waals surface area contributed by atoms with Gasteiger partial charge in [0.05, 0.1) is 8.07 Å². The smallest absolute Gasteiger partial charge is 0.170 e. The molecule has 0 fully saturated rings. The maximum atomic E-state index is 6.17. The van der Waals surface area contributed by atoms with Gasteiger partial charge in [-0.3, -0.25) is 0 Å². The van der Waals surface area contributed by atoms with Gasteiger partial charge in [0.15, 0.2) is 0 Å². The zero-order valence-electron chi connectivity index (χ0n) is 10.7. The molecule has 0 N–H and O–H groups in total. The predicted octanol–water partition coefficient (Wildman–Crippen LogP) is 4.94. The number of benzene rings is 1. The molecule has 0 bridgehead atoms. The molecule has 0 heterocycles. The van der Waals surface area contributed by atoms with Crippen LogP contribution in [0, 0.1) is 0 Å². The molecule has 1 atom stereocenters. The van der Waals surface area contributed by atoms with E-state index in [1.807, 2.05) is 0 Å². The lowest BCUT2D eigenvalue weighted by Crippen LogP contribution is -2.23. The van der Waals surface area contributed by atoms with Crippen LogP contribution in [0.5, 0.6) is 0 Å². The average molecular weight is 283 g/mol. The standard InChI is InChI=1S/C13H17BCl2Si/c1-9-12(14(15)16)10-7-5-6-8-11(10)13(9)17(2,3)4/h5-8,12H,1-4H3. The first-order valence-corrected chi connectivity index (χ1v) is 10.3. The summed E-state index contributed by atoms with van der Waals surface area (Å²) in [5.74, 6) is 0.177. The summed E-state index contributed by atoms with van der Waals surface area (Å²) in [5.41, 5.74) is 3.70. The molecule has 1 aliphatic carbocycles. The summed E-state index contributed by atoms with van der Waals surface area (Å²) in [7, 11) is -1.36. The summed E-state index contributed by atoms with van der Waals surface area (Å²) in [4.78, 5) is 0. The van der Waals surface area contributed by atoms with Gasteiger partial charge < -0.3 is 0 Å². The van der Waals surface area contributed by atoms with E-state index < -0.39 is 8.07 Å². The van der Waals surface area contributed by atoms with Gasteiger partial charge in [0.2, 0.25) is 0 Å². The van der Waals surface area contributed by atoms with Crippen LogP contribution < -0.4 is 0 Å². The number of allylic oxidation sites excluding steroid dienone is 1. The van der Waals surface area contributed by atoms with Crippen LogP contribution in [0.2, 0.25) is 19.6 Å². The number of hydrogen-bond donors (Lipinski definition) is 0. The van der Waals surface area contributed by atoms with Crippen molar-refractivity contribution in [1.29, 1.82) is 0 Å². The monoisotopic (exact) mass is 282 g/mol. The summed E-state index contributed by atoms with van der Waals surface area (Å²) in [6, 6.07) is 8.55. The molecule has 0 spiro atoms. The summed E-state index contributed by atoms with van der Waals surface area (Å²) in [5, 5.41) is 1.53. The van der Waals surface area contributed by atoms with Gasteiger partial charge in [-0.15, -0.1) is 0 Å². The lowest BCUT2D eigenvalue weighted by atomic mass is 9.76. The van der Waals surface area contributed by atoms with Gasteiger partial charge in [0, 0.05) is 5.82 Å². The van der Waals surface area contributed by atoms with E-state index in [0.29, 0.717) is 0 Å². The molecule has 4 heteroatoms. The van der Waals surface area contributed by atoms with Crippen molar-refractivity contribution in [1.82, 2.24) is 0 Å². The van der Waals surface area contributed by atoms with Crippen LogP contribution >= 0.6 is 22.9 Å². The maximum absolute atomic E-state index is 6.17. The maximum Gasteiger partial charge on any atom is 0.363 e. The Morgan fingerprint density at radius 2 is 1.71 bits per heavy atom. The zero-order chi connectivity index (χ0) is 12.8. The normalized spacial score (nSPS) is 19.5. The Kier molecular flexibility index (Phi) is 3.50. The van der Waals surface area contributed by atoms with Gasteiger partial charge in [-0.2, -0.15) is 22.9 Å². The number of hydrogen-bond acceptors (Lipinski definition) is 0. The molecule has 0 saturated heterocycles. The minimum atomic E-state index is -1.36. The van der Waals surface area contributed by atoms with Gasteiger partial charge in [0.25, 0.3) is 0 Å². The van der Waals surface area contributed by atoms with Crippen molar-refractivity contribution in [3.05, 3.63) is 41.0 Å². The fraction of sp³-hybridized carbons (Fsp3) is 0.385. The fourth-order valence-electron chi connectivity index (χ4n) is 2.92. The largest absolute Gasteiger partial charge is 0.363 e. The van der Waals surface area contributed by atoms with E-state index in [1.165, 1.54) is 21.9 Å². The minimum Gasteiger partial charge on any atom is -0.170 e. The first-order valence-electron chi connectivity index (χ1n) is 5.92. The fourth-order valence-corrected chi connectivity index (χ4v) is 5.94. The molecule has 90 valence electrons. The molecule has 1 aromatic carbocycles. The van der Waals surface area contributed by atoms with Gasteiger partial charge in [-0.25, -0.2) is 0 Å². The molecule has 0 saturated carbocycles. The van der Waals surface area contributed by atoms with Crippen molar-refractivity contribution in [2.45, 2.75) is 32.4 Å². The van der Waals surface area contributed by atoms with Crippen LogP contribution in [0.3, 0.4) is 0 Å². The molecule has 0 aromatic heterocycles. The summed E-state index contributed by atoms with van der Waals surface area (Å²) in [6.07, 6.45) is 0. The Morgan fingerprint density at radius 3 is 2.24 bits per heavy atom. The molecule has 1 aromatic rings. The highest BCUT2D eigenvalue weighted by Crippen LogP contribution is 2.47. The number of fused-ring (bicyclic) bond motifs is 1. The summed E-state index contributed by atoms with van der Waals surface area (Å²) >= 11 is 12.3. The first kappa shape index (κ1) is 13.3. The topological polar surface area (TPSA) is 0 Å². The van der Waals surface area contributed by atoms with E-state index in [4.69, 9.17) is 22.9 Å².